The van der Waals surface area contributed by atoms with Crippen molar-refractivity contribution in [1.29, 1.82) is 0 Å². The second-order valence-electron chi connectivity index (χ2n) is 7.00. The van der Waals surface area contributed by atoms with Gasteiger partial charge in [-0.15, -0.1) is 0 Å². The Bertz CT molecular complexity index is 858. The molecule has 5 rings (SSSR count). The molecule has 3 aromatic heterocycles. The molecule has 2 aliphatic rings. The summed E-state index contributed by atoms with van der Waals surface area (Å²) in [4.78, 5) is 12.6. The molecule has 0 spiro atoms. The van der Waals surface area contributed by atoms with E-state index in [1.165, 1.54) is 29.4 Å². The molecular weight excluding hydrogens is 298 g/mol. The summed E-state index contributed by atoms with van der Waals surface area (Å²) >= 11 is 0. The van der Waals surface area contributed by atoms with Gasteiger partial charge in [-0.1, -0.05) is 6.07 Å². The first kappa shape index (κ1) is 14.2. The lowest BCUT2D eigenvalue weighted by Gasteiger charge is -2.22. The molecule has 122 valence electrons. The van der Waals surface area contributed by atoms with Crippen molar-refractivity contribution in [2.24, 2.45) is 0 Å². The Balaban J connectivity index is 1.46. The summed E-state index contributed by atoms with van der Waals surface area (Å²) in [7, 11) is 0. The van der Waals surface area contributed by atoms with Crippen LogP contribution in [0.25, 0.3) is 22.3 Å². The maximum absolute atomic E-state index is 5.45. The van der Waals surface area contributed by atoms with E-state index in [0.717, 1.165) is 48.9 Å². The van der Waals surface area contributed by atoms with Crippen LogP contribution in [0.15, 0.2) is 36.8 Å². The number of H-pyrrole nitrogens is 1. The summed E-state index contributed by atoms with van der Waals surface area (Å²) in [6, 6.07) is 6.60. The van der Waals surface area contributed by atoms with E-state index in [9.17, 15) is 0 Å². The molecule has 4 heterocycles. The maximum atomic E-state index is 5.45. The van der Waals surface area contributed by atoms with E-state index < -0.39 is 0 Å². The van der Waals surface area contributed by atoms with E-state index in [2.05, 4.69) is 34.4 Å². The summed E-state index contributed by atoms with van der Waals surface area (Å²) in [5.74, 6) is 1.31. The van der Waals surface area contributed by atoms with Crippen LogP contribution in [0.4, 0.5) is 0 Å². The van der Waals surface area contributed by atoms with Gasteiger partial charge >= 0.3 is 0 Å². The van der Waals surface area contributed by atoms with Crippen LogP contribution in [0.2, 0.25) is 0 Å². The lowest BCUT2D eigenvalue weighted by molar-refractivity contribution is 0.0853. The van der Waals surface area contributed by atoms with Crippen LogP contribution in [-0.4, -0.2) is 28.2 Å². The number of pyridine rings is 2. The molecule has 0 amide bonds. The van der Waals surface area contributed by atoms with Crippen molar-refractivity contribution in [2.75, 3.05) is 13.2 Å². The number of aromatic amines is 1. The van der Waals surface area contributed by atoms with Gasteiger partial charge in [0.1, 0.15) is 5.65 Å². The van der Waals surface area contributed by atoms with Crippen molar-refractivity contribution in [3.63, 3.8) is 0 Å². The molecule has 2 fully saturated rings. The molecule has 4 nitrogen and oxygen atoms in total. The number of rotatable bonds is 3. The Kier molecular flexibility index (Phi) is 3.37. The number of hydrogen-bond donors (Lipinski definition) is 1. The predicted octanol–water partition coefficient (Wildman–Crippen LogP) is 4.40. The third-order valence-electron chi connectivity index (χ3n) is 5.36. The molecule has 1 saturated carbocycles. The Morgan fingerprint density at radius 1 is 0.958 bits per heavy atom. The number of nitrogens with zero attached hydrogens (tertiary/aromatic N) is 2. The first-order valence-corrected chi connectivity index (χ1v) is 8.89. The SMILES string of the molecule is c1nc2[nH]cc(C3CC3)c2cc1-c1ccc(C2CCOCC2)cn1. The van der Waals surface area contributed by atoms with Crippen LogP contribution in [0, 0.1) is 0 Å². The van der Waals surface area contributed by atoms with Crippen LogP contribution >= 0.6 is 0 Å². The summed E-state index contributed by atoms with van der Waals surface area (Å²) in [5, 5.41) is 1.25. The summed E-state index contributed by atoms with van der Waals surface area (Å²) < 4.78 is 5.45. The van der Waals surface area contributed by atoms with E-state index in [-0.39, 0.29) is 0 Å². The van der Waals surface area contributed by atoms with Gasteiger partial charge in [-0.3, -0.25) is 4.98 Å². The van der Waals surface area contributed by atoms with Gasteiger partial charge in [-0.2, -0.15) is 0 Å². The van der Waals surface area contributed by atoms with Gasteiger partial charge in [0.15, 0.2) is 0 Å². The quantitative estimate of drug-likeness (QED) is 0.778. The molecule has 1 aliphatic carbocycles. The van der Waals surface area contributed by atoms with Crippen molar-refractivity contribution in [2.45, 2.75) is 37.5 Å². The van der Waals surface area contributed by atoms with E-state index in [1.54, 1.807) is 0 Å². The molecule has 4 heteroatoms. The van der Waals surface area contributed by atoms with Crippen molar-refractivity contribution in [1.82, 2.24) is 15.0 Å². The first-order chi connectivity index (χ1) is 11.9. The molecule has 3 aromatic rings. The zero-order valence-electron chi connectivity index (χ0n) is 13.7. The average molecular weight is 319 g/mol. The Morgan fingerprint density at radius 3 is 2.58 bits per heavy atom. The van der Waals surface area contributed by atoms with Crippen molar-refractivity contribution < 1.29 is 4.74 Å². The van der Waals surface area contributed by atoms with Gasteiger partial charge in [0.25, 0.3) is 0 Å². The molecule has 1 N–H and O–H groups in total. The van der Waals surface area contributed by atoms with Gasteiger partial charge in [-0.25, -0.2) is 4.98 Å². The predicted molar refractivity (Wildman–Crippen MR) is 94.1 cm³/mol. The lowest BCUT2D eigenvalue weighted by atomic mass is 9.93. The first-order valence-electron chi connectivity index (χ1n) is 8.89. The number of ether oxygens (including phenoxy) is 1. The van der Waals surface area contributed by atoms with Crippen LogP contribution < -0.4 is 0 Å². The molecule has 0 atom stereocenters. The van der Waals surface area contributed by atoms with Gasteiger partial charge in [0, 0.05) is 42.8 Å². The summed E-state index contributed by atoms with van der Waals surface area (Å²) in [6.45, 7) is 1.73. The number of hydrogen-bond acceptors (Lipinski definition) is 3. The highest BCUT2D eigenvalue weighted by Crippen LogP contribution is 2.43. The topological polar surface area (TPSA) is 50.8 Å². The summed E-state index contributed by atoms with van der Waals surface area (Å²) in [5.41, 5.74) is 5.83. The van der Waals surface area contributed by atoms with Gasteiger partial charge in [-0.05, 0) is 60.8 Å². The second-order valence-corrected chi connectivity index (χ2v) is 7.00. The minimum atomic E-state index is 0.590. The molecule has 0 bridgehead atoms. The van der Waals surface area contributed by atoms with Crippen LogP contribution in [-0.2, 0) is 4.74 Å². The Labute approximate surface area is 141 Å². The van der Waals surface area contributed by atoms with Crippen LogP contribution in [0.5, 0.6) is 0 Å². The van der Waals surface area contributed by atoms with Crippen LogP contribution in [0.3, 0.4) is 0 Å². The van der Waals surface area contributed by atoms with Gasteiger partial charge < -0.3 is 9.72 Å². The fourth-order valence-electron chi connectivity index (χ4n) is 3.74. The minimum absolute atomic E-state index is 0.590. The average Bonchev–Trinajstić information content (AvgIpc) is 3.41. The number of nitrogens with one attached hydrogen (secondary N) is 1. The molecule has 1 aliphatic heterocycles. The fraction of sp³-hybridized carbons (Fsp3) is 0.400. The highest BCUT2D eigenvalue weighted by atomic mass is 16.5. The second kappa shape index (κ2) is 5.71. The van der Waals surface area contributed by atoms with Crippen LogP contribution in [0.1, 0.15) is 48.6 Å². The highest BCUT2D eigenvalue weighted by Gasteiger charge is 2.26. The molecular formula is C20H21N3O. The molecule has 0 unspecified atom stereocenters. The molecule has 1 saturated heterocycles. The minimum Gasteiger partial charge on any atom is -0.381 e. The lowest BCUT2D eigenvalue weighted by Crippen LogP contribution is -2.14. The third kappa shape index (κ3) is 2.51. The van der Waals surface area contributed by atoms with Crippen molar-refractivity contribution in [3.8, 4) is 11.3 Å². The zero-order chi connectivity index (χ0) is 15.9. The monoisotopic (exact) mass is 319 g/mol. The Morgan fingerprint density at radius 2 is 1.83 bits per heavy atom. The highest BCUT2D eigenvalue weighted by molar-refractivity contribution is 5.84. The van der Waals surface area contributed by atoms with Gasteiger partial charge in [0.2, 0.25) is 0 Å². The van der Waals surface area contributed by atoms with E-state index in [4.69, 9.17) is 9.72 Å². The largest absolute Gasteiger partial charge is 0.381 e. The van der Waals surface area contributed by atoms with E-state index in [0.29, 0.717) is 5.92 Å². The van der Waals surface area contributed by atoms with Gasteiger partial charge in [0.05, 0.1) is 5.69 Å². The van der Waals surface area contributed by atoms with Crippen molar-refractivity contribution in [3.05, 3.63) is 47.9 Å². The van der Waals surface area contributed by atoms with E-state index in [1.807, 2.05) is 12.4 Å². The number of aromatic nitrogens is 3. The van der Waals surface area contributed by atoms with Crippen molar-refractivity contribution >= 4 is 11.0 Å². The van der Waals surface area contributed by atoms with E-state index >= 15 is 0 Å². The molecule has 24 heavy (non-hydrogen) atoms. The third-order valence-corrected chi connectivity index (χ3v) is 5.36. The normalized spacial score (nSPS) is 19.0. The standard InChI is InChI=1S/C20H21N3O/c1-2-14(1)18-12-23-20-17(18)9-16(11-22-20)19-4-3-15(10-21-19)13-5-7-24-8-6-13/h3-4,9-14H,1-2,5-8H2,(H,22,23). The maximum Gasteiger partial charge on any atom is 0.137 e. The number of fused-ring (bicyclic) bond motifs is 1. The zero-order valence-corrected chi connectivity index (χ0v) is 13.7. The Hall–Kier alpha value is -2.20. The smallest absolute Gasteiger partial charge is 0.137 e. The summed E-state index contributed by atoms with van der Waals surface area (Å²) in [6.07, 6.45) is 10.9. The fourth-order valence-corrected chi connectivity index (χ4v) is 3.74. The molecule has 0 radical (unpaired) electrons. The molecule has 0 aromatic carbocycles.